The Labute approximate surface area is 164 Å². The summed E-state index contributed by atoms with van der Waals surface area (Å²) in [5, 5.41) is 0. The average Bonchev–Trinajstić information content (AvgIpc) is 2.93. The quantitative estimate of drug-likeness (QED) is 0.727. The number of carbonyl (C=O) groups excluding carboxylic acids is 2. The lowest BCUT2D eigenvalue weighted by atomic mass is 9.57. The first-order valence-corrected chi connectivity index (χ1v) is 10.2. The smallest absolute Gasteiger partial charge is 0.338 e. The molecule has 0 radical (unpaired) electrons. The van der Waals surface area contributed by atoms with Crippen LogP contribution in [0.4, 0.5) is 0 Å². The maximum Gasteiger partial charge on any atom is 0.338 e. The van der Waals surface area contributed by atoms with Crippen LogP contribution in [0.1, 0.15) is 50.4 Å². The van der Waals surface area contributed by atoms with Crippen molar-refractivity contribution in [2.75, 3.05) is 0 Å². The molecule has 6 heteroatoms. The summed E-state index contributed by atoms with van der Waals surface area (Å²) in [7, 11) is 0. The lowest BCUT2D eigenvalue weighted by Crippen LogP contribution is -2.67. The van der Waals surface area contributed by atoms with Crippen LogP contribution in [-0.2, 0) is 23.7 Å². The SMILES string of the molecule is C[C@@H]1CC[C@H]2[C@@H](C)C(=O)O[C@@H]3O[C@@]4(C)O[C@@]32[C@H]1C[C@H]4OC(=O)c1ccccc1. The largest absolute Gasteiger partial charge is 0.453 e. The van der Waals surface area contributed by atoms with E-state index >= 15 is 0 Å². The number of fused-ring (bicyclic) bond motifs is 1. The standard InChI is InChI=1S/C22H26O6/c1-12-9-10-15-13(2)18(23)26-20-22(15)16(12)11-17(21(3,27-20)28-22)25-19(24)14-7-5-4-6-8-14/h4-8,12-13,15-17,20H,9-11H2,1-3H3/t12-,13-,15+,16+,17-,20-,21+,22+/m1/s1. The van der Waals surface area contributed by atoms with E-state index in [4.69, 9.17) is 18.9 Å². The van der Waals surface area contributed by atoms with Crippen molar-refractivity contribution in [3.8, 4) is 0 Å². The molecule has 28 heavy (non-hydrogen) atoms. The molecule has 0 N–H and O–H groups in total. The fourth-order valence-corrected chi connectivity index (χ4v) is 5.88. The van der Waals surface area contributed by atoms with Crippen LogP contribution < -0.4 is 0 Å². The molecule has 3 aliphatic heterocycles. The van der Waals surface area contributed by atoms with Crippen LogP contribution in [0.3, 0.4) is 0 Å². The summed E-state index contributed by atoms with van der Waals surface area (Å²) in [4.78, 5) is 25.1. The van der Waals surface area contributed by atoms with Gasteiger partial charge in [0.05, 0.1) is 11.5 Å². The van der Waals surface area contributed by atoms with Crippen molar-refractivity contribution in [2.24, 2.45) is 23.7 Å². The van der Waals surface area contributed by atoms with Crippen LogP contribution in [0, 0.1) is 23.7 Å². The summed E-state index contributed by atoms with van der Waals surface area (Å²) in [5.41, 5.74) is -0.147. The van der Waals surface area contributed by atoms with Gasteiger partial charge in [-0.3, -0.25) is 4.79 Å². The predicted molar refractivity (Wildman–Crippen MR) is 98.0 cm³/mol. The normalized spacial score (nSPS) is 46.5. The maximum absolute atomic E-state index is 12.7. The zero-order valence-electron chi connectivity index (χ0n) is 16.4. The average molecular weight is 386 g/mol. The third-order valence-electron chi connectivity index (χ3n) is 7.38. The van der Waals surface area contributed by atoms with Crippen molar-refractivity contribution in [3.63, 3.8) is 0 Å². The lowest BCUT2D eigenvalue weighted by molar-refractivity contribution is -0.293. The van der Waals surface area contributed by atoms with Gasteiger partial charge in [-0.1, -0.05) is 32.0 Å². The highest BCUT2D eigenvalue weighted by atomic mass is 16.9. The summed E-state index contributed by atoms with van der Waals surface area (Å²) in [6, 6.07) is 8.93. The van der Waals surface area contributed by atoms with Gasteiger partial charge in [-0.2, -0.15) is 0 Å². The first kappa shape index (κ1) is 18.1. The molecule has 150 valence electrons. The van der Waals surface area contributed by atoms with Gasteiger partial charge in [-0.25, -0.2) is 4.79 Å². The Kier molecular flexibility index (Phi) is 3.91. The van der Waals surface area contributed by atoms with Gasteiger partial charge >= 0.3 is 11.9 Å². The van der Waals surface area contributed by atoms with E-state index in [1.54, 1.807) is 31.2 Å². The fraction of sp³-hybridized carbons (Fsp3) is 0.636. The van der Waals surface area contributed by atoms with Gasteiger partial charge in [0.25, 0.3) is 0 Å². The van der Waals surface area contributed by atoms with Crippen LogP contribution in [0.25, 0.3) is 0 Å². The maximum atomic E-state index is 12.7. The number of hydrogen-bond acceptors (Lipinski definition) is 6. The number of rotatable bonds is 2. The van der Waals surface area contributed by atoms with Gasteiger partial charge < -0.3 is 18.9 Å². The molecule has 0 unspecified atom stereocenters. The molecule has 8 atom stereocenters. The Morgan fingerprint density at radius 1 is 1.14 bits per heavy atom. The number of hydrogen-bond donors (Lipinski definition) is 0. The van der Waals surface area contributed by atoms with Crippen LogP contribution in [0.15, 0.2) is 30.3 Å². The van der Waals surface area contributed by atoms with Gasteiger partial charge in [0, 0.05) is 11.8 Å². The molecule has 3 heterocycles. The summed E-state index contributed by atoms with van der Waals surface area (Å²) in [6.45, 7) is 5.92. The molecule has 4 aliphatic rings. The third kappa shape index (κ3) is 2.34. The number of ether oxygens (including phenoxy) is 4. The zero-order chi connectivity index (χ0) is 19.7. The Balaban J connectivity index is 1.49. The molecule has 2 bridgehead atoms. The first-order chi connectivity index (χ1) is 13.3. The minimum atomic E-state index is -1.12. The van der Waals surface area contributed by atoms with Crippen molar-refractivity contribution >= 4 is 11.9 Å². The van der Waals surface area contributed by atoms with E-state index in [1.165, 1.54) is 0 Å². The second-order valence-corrected chi connectivity index (χ2v) is 8.91. The number of esters is 2. The van der Waals surface area contributed by atoms with Gasteiger partial charge in [-0.15, -0.1) is 0 Å². The van der Waals surface area contributed by atoms with Crippen molar-refractivity contribution in [1.29, 1.82) is 0 Å². The Morgan fingerprint density at radius 3 is 2.64 bits per heavy atom. The highest BCUT2D eigenvalue weighted by molar-refractivity contribution is 5.89. The molecule has 1 aliphatic carbocycles. The summed E-state index contributed by atoms with van der Waals surface area (Å²) in [5.74, 6) is -1.43. The third-order valence-corrected chi connectivity index (χ3v) is 7.38. The van der Waals surface area contributed by atoms with E-state index in [9.17, 15) is 9.59 Å². The number of benzene rings is 1. The summed E-state index contributed by atoms with van der Waals surface area (Å²) >= 11 is 0. The molecule has 1 saturated carbocycles. The van der Waals surface area contributed by atoms with E-state index in [0.717, 1.165) is 12.8 Å². The molecule has 0 amide bonds. The molecule has 1 spiro atoms. The second kappa shape index (κ2) is 6.04. The molecule has 0 aromatic heterocycles. The fourth-order valence-electron chi connectivity index (χ4n) is 5.88. The minimum Gasteiger partial charge on any atom is -0.453 e. The van der Waals surface area contributed by atoms with Crippen molar-refractivity contribution in [1.82, 2.24) is 0 Å². The van der Waals surface area contributed by atoms with Crippen LogP contribution in [0.2, 0.25) is 0 Å². The van der Waals surface area contributed by atoms with Gasteiger partial charge in [0.1, 0.15) is 5.60 Å². The molecular weight excluding hydrogens is 360 g/mol. The predicted octanol–water partition coefficient (Wildman–Crippen LogP) is 3.30. The van der Waals surface area contributed by atoms with Crippen LogP contribution in [-0.4, -0.2) is 35.7 Å². The first-order valence-electron chi connectivity index (χ1n) is 10.2. The number of carbonyl (C=O) groups is 2. The van der Waals surface area contributed by atoms with Gasteiger partial charge in [0.2, 0.25) is 12.1 Å². The Morgan fingerprint density at radius 2 is 1.89 bits per heavy atom. The van der Waals surface area contributed by atoms with Crippen molar-refractivity contribution in [3.05, 3.63) is 35.9 Å². The van der Waals surface area contributed by atoms with E-state index in [-0.39, 0.29) is 23.7 Å². The summed E-state index contributed by atoms with van der Waals surface area (Å²) < 4.78 is 24.3. The van der Waals surface area contributed by atoms with E-state index in [0.29, 0.717) is 17.9 Å². The summed E-state index contributed by atoms with van der Waals surface area (Å²) in [6.07, 6.45) is 1.28. The highest BCUT2D eigenvalue weighted by Gasteiger charge is 2.75. The molecule has 1 aromatic carbocycles. The Bertz CT molecular complexity index is 809. The molecule has 1 aromatic rings. The van der Waals surface area contributed by atoms with Crippen molar-refractivity contribution in [2.45, 2.75) is 63.8 Å². The van der Waals surface area contributed by atoms with Crippen molar-refractivity contribution < 1.29 is 28.5 Å². The highest BCUT2D eigenvalue weighted by Crippen LogP contribution is 2.63. The monoisotopic (exact) mass is 386 g/mol. The molecular formula is C22H26O6. The molecule has 4 fully saturated rings. The van der Waals surface area contributed by atoms with E-state index in [2.05, 4.69) is 6.92 Å². The lowest BCUT2D eigenvalue weighted by Gasteiger charge is -2.57. The van der Waals surface area contributed by atoms with E-state index in [1.807, 2.05) is 13.0 Å². The zero-order valence-corrected chi connectivity index (χ0v) is 16.4. The minimum absolute atomic E-state index is 0.0625. The Hall–Kier alpha value is -1.92. The molecule has 6 nitrogen and oxygen atoms in total. The van der Waals surface area contributed by atoms with Crippen LogP contribution >= 0.6 is 0 Å². The van der Waals surface area contributed by atoms with E-state index < -0.39 is 29.8 Å². The molecule has 5 rings (SSSR count). The van der Waals surface area contributed by atoms with Crippen LogP contribution in [0.5, 0.6) is 0 Å². The van der Waals surface area contributed by atoms with Gasteiger partial charge in [-0.05, 0) is 44.2 Å². The topological polar surface area (TPSA) is 71.1 Å². The van der Waals surface area contributed by atoms with Gasteiger partial charge in [0.15, 0.2) is 6.10 Å². The second-order valence-electron chi connectivity index (χ2n) is 8.91. The molecule has 3 saturated heterocycles.